The Morgan fingerprint density at radius 2 is 1.73 bits per heavy atom. The molecule has 3 heteroatoms. The number of hydrogen-bond donors (Lipinski definition) is 2. The molecule has 2 atom stereocenters. The highest BCUT2D eigenvalue weighted by molar-refractivity contribution is 5.88. The smallest absolute Gasteiger partial charge is 0.244 e. The van der Waals surface area contributed by atoms with Crippen molar-refractivity contribution in [2.24, 2.45) is 0 Å². The predicted molar refractivity (Wildman–Crippen MR) is 129 cm³/mol. The number of aliphatic hydroxyl groups is 1. The number of carbonyl (C=O) groups excluding carboxylic acids is 1. The van der Waals surface area contributed by atoms with E-state index in [1.54, 1.807) is 18.2 Å². The summed E-state index contributed by atoms with van der Waals surface area (Å²) in [6.07, 6.45) is 31.0. The first-order valence-corrected chi connectivity index (χ1v) is 10.8. The number of hydrogen-bond acceptors (Lipinski definition) is 2. The molecule has 0 saturated heterocycles. The van der Waals surface area contributed by atoms with Gasteiger partial charge in [-0.05, 0) is 39.5 Å². The maximum atomic E-state index is 12.3. The van der Waals surface area contributed by atoms with Crippen molar-refractivity contribution in [3.63, 3.8) is 0 Å². The molecule has 1 amide bonds. The summed E-state index contributed by atoms with van der Waals surface area (Å²) in [5.41, 5.74) is 2.16. The van der Waals surface area contributed by atoms with Crippen LogP contribution in [0.5, 0.6) is 0 Å². The molecule has 1 heterocycles. The molecule has 0 radical (unpaired) electrons. The molecule has 0 fully saturated rings. The van der Waals surface area contributed by atoms with Gasteiger partial charge >= 0.3 is 0 Å². The molecule has 0 aromatic rings. The minimum atomic E-state index is -0.516. The summed E-state index contributed by atoms with van der Waals surface area (Å²) in [5.74, 6) is -0.0896. The first-order valence-electron chi connectivity index (χ1n) is 10.8. The van der Waals surface area contributed by atoms with Crippen LogP contribution in [0, 0.1) is 0 Å². The Morgan fingerprint density at radius 3 is 2.53 bits per heavy atom. The number of nitrogens with one attached hydrogen (secondary N) is 1. The van der Waals surface area contributed by atoms with Gasteiger partial charge in [0.1, 0.15) is 0 Å². The zero-order valence-electron chi connectivity index (χ0n) is 18.6. The molecule has 1 aliphatic rings. The van der Waals surface area contributed by atoms with Crippen LogP contribution in [0.15, 0.2) is 96.2 Å². The van der Waals surface area contributed by atoms with E-state index in [4.69, 9.17) is 0 Å². The van der Waals surface area contributed by atoms with Crippen molar-refractivity contribution in [1.29, 1.82) is 0 Å². The lowest BCUT2D eigenvalue weighted by Gasteiger charge is -2.14. The van der Waals surface area contributed by atoms with Crippen molar-refractivity contribution in [3.8, 4) is 0 Å². The van der Waals surface area contributed by atoms with Crippen molar-refractivity contribution in [1.82, 2.24) is 5.32 Å². The Balaban J connectivity index is 2.94. The molecule has 1 rings (SSSR count). The SMILES string of the molecule is CCC/C=C/C[C@H]1C/C=C/C=C(C)/C=C/C=C\[C@H](O)C/C=C(C)/C=C/C=C/C(=O)N1. The average Bonchev–Trinajstić information content (AvgIpc) is 2.72. The minimum Gasteiger partial charge on any atom is -0.389 e. The van der Waals surface area contributed by atoms with Crippen LogP contribution in [0.25, 0.3) is 0 Å². The van der Waals surface area contributed by atoms with Crippen molar-refractivity contribution in [2.75, 3.05) is 0 Å². The third kappa shape index (κ3) is 13.5. The van der Waals surface area contributed by atoms with E-state index < -0.39 is 6.10 Å². The Bertz CT molecular complexity index is 745. The number of rotatable bonds is 4. The number of aliphatic hydroxyl groups excluding tert-OH is 1. The Hall–Kier alpha value is -2.65. The fourth-order valence-corrected chi connectivity index (χ4v) is 2.73. The highest BCUT2D eigenvalue weighted by Gasteiger charge is 2.07. The highest BCUT2D eigenvalue weighted by Crippen LogP contribution is 2.06. The van der Waals surface area contributed by atoms with Crippen LogP contribution in [0.3, 0.4) is 0 Å². The molecule has 0 spiro atoms. The second kappa shape index (κ2) is 16.2. The van der Waals surface area contributed by atoms with E-state index in [1.807, 2.05) is 62.5 Å². The van der Waals surface area contributed by atoms with Gasteiger partial charge in [0.2, 0.25) is 5.91 Å². The van der Waals surface area contributed by atoms with Crippen LogP contribution >= 0.6 is 0 Å². The molecule has 3 nitrogen and oxygen atoms in total. The second-order valence-corrected chi connectivity index (χ2v) is 7.49. The van der Waals surface area contributed by atoms with Gasteiger partial charge in [-0.2, -0.15) is 0 Å². The molecular weight excluding hydrogens is 370 g/mol. The van der Waals surface area contributed by atoms with Gasteiger partial charge in [-0.15, -0.1) is 0 Å². The number of carbonyl (C=O) groups is 1. The van der Waals surface area contributed by atoms with Gasteiger partial charge in [0, 0.05) is 12.1 Å². The van der Waals surface area contributed by atoms with Crippen molar-refractivity contribution < 1.29 is 9.90 Å². The number of unbranched alkanes of at least 4 members (excludes halogenated alkanes) is 1. The normalized spacial score (nSPS) is 30.9. The van der Waals surface area contributed by atoms with Gasteiger partial charge in [-0.25, -0.2) is 0 Å². The summed E-state index contributed by atoms with van der Waals surface area (Å²) in [4.78, 5) is 12.3. The topological polar surface area (TPSA) is 49.3 Å². The van der Waals surface area contributed by atoms with Crippen molar-refractivity contribution in [3.05, 3.63) is 96.2 Å². The highest BCUT2D eigenvalue weighted by atomic mass is 16.3. The van der Waals surface area contributed by atoms with Crippen LogP contribution in [-0.2, 0) is 4.79 Å². The fraction of sp³-hybridized carbons (Fsp3) is 0.370. The molecule has 1 aliphatic heterocycles. The van der Waals surface area contributed by atoms with Crippen LogP contribution in [0.4, 0.5) is 0 Å². The van der Waals surface area contributed by atoms with Gasteiger partial charge in [-0.3, -0.25) is 4.79 Å². The zero-order chi connectivity index (χ0) is 22.0. The Morgan fingerprint density at radius 1 is 1.00 bits per heavy atom. The van der Waals surface area contributed by atoms with Gasteiger partial charge < -0.3 is 10.4 Å². The van der Waals surface area contributed by atoms with Gasteiger partial charge in [-0.1, -0.05) is 103 Å². The number of allylic oxidation sites excluding steroid dienone is 11. The maximum Gasteiger partial charge on any atom is 0.244 e. The zero-order valence-corrected chi connectivity index (χ0v) is 18.6. The fourth-order valence-electron chi connectivity index (χ4n) is 2.73. The maximum absolute atomic E-state index is 12.3. The first-order chi connectivity index (χ1) is 14.5. The van der Waals surface area contributed by atoms with E-state index in [9.17, 15) is 9.90 Å². The van der Waals surface area contributed by atoms with Crippen LogP contribution in [0.2, 0.25) is 0 Å². The third-order valence-corrected chi connectivity index (χ3v) is 4.51. The summed E-state index contributed by atoms with van der Waals surface area (Å²) in [6, 6.07) is 0.0661. The minimum absolute atomic E-state index is 0.0661. The molecule has 0 aromatic heterocycles. The van der Waals surface area contributed by atoms with Crippen LogP contribution in [0.1, 0.15) is 52.9 Å². The van der Waals surface area contributed by atoms with Crippen molar-refractivity contribution >= 4 is 5.91 Å². The quantitative estimate of drug-likeness (QED) is 0.558. The lowest BCUT2D eigenvalue weighted by Crippen LogP contribution is -2.32. The van der Waals surface area contributed by atoms with E-state index in [0.717, 1.165) is 36.8 Å². The summed E-state index contributed by atoms with van der Waals surface area (Å²) in [5, 5.41) is 13.1. The second-order valence-electron chi connectivity index (χ2n) is 7.49. The Labute approximate surface area is 182 Å². The van der Waals surface area contributed by atoms with E-state index in [-0.39, 0.29) is 11.9 Å². The van der Waals surface area contributed by atoms with E-state index >= 15 is 0 Å². The van der Waals surface area contributed by atoms with E-state index in [0.29, 0.717) is 6.42 Å². The predicted octanol–water partition coefficient (Wildman–Crippen LogP) is 6.05. The molecule has 0 bridgehead atoms. The summed E-state index contributed by atoms with van der Waals surface area (Å²) < 4.78 is 0. The molecule has 162 valence electrons. The summed E-state index contributed by atoms with van der Waals surface area (Å²) >= 11 is 0. The van der Waals surface area contributed by atoms with Crippen LogP contribution in [-0.4, -0.2) is 23.2 Å². The van der Waals surface area contributed by atoms with Gasteiger partial charge in [0.25, 0.3) is 0 Å². The largest absolute Gasteiger partial charge is 0.389 e. The van der Waals surface area contributed by atoms with Crippen molar-refractivity contribution in [2.45, 2.75) is 65.0 Å². The molecule has 30 heavy (non-hydrogen) atoms. The van der Waals surface area contributed by atoms with Crippen LogP contribution < -0.4 is 5.32 Å². The average molecular weight is 408 g/mol. The monoisotopic (exact) mass is 407 g/mol. The van der Waals surface area contributed by atoms with E-state index in [2.05, 4.69) is 30.5 Å². The third-order valence-electron chi connectivity index (χ3n) is 4.51. The van der Waals surface area contributed by atoms with Gasteiger partial charge in [0.15, 0.2) is 0 Å². The Kier molecular flexibility index (Phi) is 13.7. The lowest BCUT2D eigenvalue weighted by molar-refractivity contribution is -0.117. The molecule has 0 saturated carbocycles. The summed E-state index contributed by atoms with van der Waals surface area (Å²) in [6.45, 7) is 6.17. The lowest BCUT2D eigenvalue weighted by atomic mass is 10.1. The molecule has 0 unspecified atom stereocenters. The van der Waals surface area contributed by atoms with Gasteiger partial charge in [0.05, 0.1) is 6.10 Å². The van der Waals surface area contributed by atoms with E-state index in [1.165, 1.54) is 0 Å². The summed E-state index contributed by atoms with van der Waals surface area (Å²) in [7, 11) is 0. The standard InChI is InChI=1S/C27H37NO2/c1-4-5-6-7-17-25-18-11-8-14-23(2)15-9-12-19-26(29)22-21-24(3)16-10-13-20-27(30)28-25/h6-16,19-21,25-26,29H,4-5,17-18,22H2,1-3H3,(H,28,30)/b7-6+,11-8+,15-9+,16-10+,19-12-,20-13+,23-14+,24-21+/t25-,26-/m0/s1. The molecule has 2 N–H and O–H groups in total. The molecular formula is C27H37NO2. The first kappa shape index (κ1) is 25.4. The molecule has 0 aromatic carbocycles. The number of amides is 1. The molecule has 0 aliphatic carbocycles.